The van der Waals surface area contributed by atoms with Crippen LogP contribution in [0.2, 0.25) is 5.02 Å². The van der Waals surface area contributed by atoms with E-state index >= 15 is 0 Å². The molecular weight excluding hydrogens is 388 g/mol. The monoisotopic (exact) mass is 416 g/mol. The number of aliphatic imine (C=N–C) groups is 1. The molecule has 2 aromatic carbocycles. The second-order valence-corrected chi connectivity index (χ2v) is 6.95. The normalized spacial score (nSPS) is 14.6. The third-order valence-corrected chi connectivity index (χ3v) is 4.55. The van der Waals surface area contributed by atoms with Crippen molar-refractivity contribution in [2.75, 3.05) is 33.3 Å². The summed E-state index contributed by atoms with van der Waals surface area (Å²) in [6, 6.07) is 15.1. The van der Waals surface area contributed by atoms with Crippen molar-refractivity contribution in [2.45, 2.75) is 19.8 Å². The lowest BCUT2D eigenvalue weighted by Crippen LogP contribution is -2.31. The first-order chi connectivity index (χ1) is 14.1. The van der Waals surface area contributed by atoms with Crippen LogP contribution in [0.25, 0.3) is 5.70 Å². The van der Waals surface area contributed by atoms with Crippen LogP contribution in [0.15, 0.2) is 58.5 Å². The van der Waals surface area contributed by atoms with Gasteiger partial charge in [-0.25, -0.2) is 10.1 Å². The van der Waals surface area contributed by atoms with Crippen molar-refractivity contribution in [3.8, 4) is 0 Å². The highest BCUT2D eigenvalue weighted by Crippen LogP contribution is 2.15. The topological polar surface area (TPSA) is 80.5 Å². The molecule has 1 aliphatic rings. The molecule has 6 nitrogen and oxygen atoms in total. The van der Waals surface area contributed by atoms with Crippen LogP contribution in [0.3, 0.4) is 0 Å². The number of nitrogens with zero attached hydrogens (tertiary/aromatic N) is 3. The van der Waals surface area contributed by atoms with E-state index in [9.17, 15) is 5.21 Å². The molecule has 0 unspecified atom stereocenters. The van der Waals surface area contributed by atoms with Crippen molar-refractivity contribution >= 4 is 23.1 Å². The lowest BCUT2D eigenvalue weighted by Gasteiger charge is -2.19. The molecule has 29 heavy (non-hydrogen) atoms. The fourth-order valence-electron chi connectivity index (χ4n) is 2.85. The molecule has 0 amide bonds. The maximum atomic E-state index is 10.5. The number of halogens is 1. The fraction of sp³-hybridized carbons (Fsp3) is 0.364. The summed E-state index contributed by atoms with van der Waals surface area (Å²) < 4.78 is 0. The van der Waals surface area contributed by atoms with Crippen LogP contribution in [0.5, 0.6) is 0 Å². The number of aliphatic hydroxyl groups excluding tert-OH is 1. The smallest absolute Gasteiger partial charge is 0.145 e. The Morgan fingerprint density at radius 1 is 1.17 bits per heavy atom. The van der Waals surface area contributed by atoms with Crippen molar-refractivity contribution in [2.24, 2.45) is 9.98 Å². The summed E-state index contributed by atoms with van der Waals surface area (Å²) in [4.78, 5) is 8.60. The molecule has 156 valence electrons. The molecule has 0 radical (unpaired) electrons. The Kier molecular flexibility index (Phi) is 9.80. The number of rotatable bonds is 6. The molecule has 2 aromatic rings. The first-order valence-corrected chi connectivity index (χ1v) is 10.2. The quantitative estimate of drug-likeness (QED) is 0.631. The van der Waals surface area contributed by atoms with E-state index in [1.165, 1.54) is 17.9 Å². The average molecular weight is 417 g/mol. The second kappa shape index (κ2) is 12.3. The van der Waals surface area contributed by atoms with Gasteiger partial charge in [0.25, 0.3) is 0 Å². The first kappa shape index (κ1) is 23.0. The summed E-state index contributed by atoms with van der Waals surface area (Å²) in [5.74, 6) is 0.562. The predicted molar refractivity (Wildman–Crippen MR) is 118 cm³/mol. The zero-order chi connectivity index (χ0) is 21.1. The van der Waals surface area contributed by atoms with E-state index in [1.54, 1.807) is 13.1 Å². The van der Waals surface area contributed by atoms with E-state index in [4.69, 9.17) is 16.7 Å². The molecule has 0 saturated carbocycles. The Labute approximate surface area is 176 Å². The van der Waals surface area contributed by atoms with Crippen molar-refractivity contribution < 1.29 is 10.3 Å². The average Bonchev–Trinajstić information content (AvgIpc) is 2.87. The van der Waals surface area contributed by atoms with Crippen molar-refractivity contribution in [1.29, 1.82) is 0 Å². The van der Waals surface area contributed by atoms with Gasteiger partial charge in [-0.2, -0.15) is 0 Å². The largest absolute Gasteiger partial charge is 0.395 e. The third kappa shape index (κ3) is 6.94. The molecule has 0 bridgehead atoms. The number of fused-ring (bicyclic) bond motifs is 1. The van der Waals surface area contributed by atoms with E-state index in [0.717, 1.165) is 29.2 Å². The van der Waals surface area contributed by atoms with Gasteiger partial charge in [0.05, 0.1) is 17.7 Å². The molecule has 1 heterocycles. The van der Waals surface area contributed by atoms with E-state index in [-0.39, 0.29) is 13.2 Å². The van der Waals surface area contributed by atoms with Gasteiger partial charge in [-0.1, -0.05) is 55.3 Å². The summed E-state index contributed by atoms with van der Waals surface area (Å²) in [6.07, 6.45) is 2.43. The summed E-state index contributed by atoms with van der Waals surface area (Å²) in [5, 5.41) is 25.1. The van der Waals surface area contributed by atoms with E-state index in [1.807, 2.05) is 42.5 Å². The maximum absolute atomic E-state index is 10.5. The number of unbranched alkanes of at least 4 members (excludes halogenated alkanes) is 1. The summed E-state index contributed by atoms with van der Waals surface area (Å²) in [7, 11) is 1.66. The van der Waals surface area contributed by atoms with Gasteiger partial charge >= 0.3 is 0 Å². The standard InChI is InChI=1S/C16H14ClN3O.C6H15NO/c1-18-15-10-20(21)16(11-5-3-2-4-6-11)13-9-12(17)7-8-14(13)19-15;1-2-3-4-7-5-6-8/h2-9,21H,10H2,1H3;7-8H,2-6H2,1H3/b18-15-;. The van der Waals surface area contributed by atoms with Crippen LogP contribution >= 0.6 is 11.6 Å². The molecule has 0 aromatic heterocycles. The molecular formula is C22H29ClN4O2. The highest BCUT2D eigenvalue weighted by atomic mass is 35.5. The van der Waals surface area contributed by atoms with Gasteiger partial charge < -0.3 is 10.4 Å². The minimum Gasteiger partial charge on any atom is -0.395 e. The molecule has 0 saturated heterocycles. The second-order valence-electron chi connectivity index (χ2n) is 6.51. The number of amidine groups is 1. The molecule has 3 N–H and O–H groups in total. The van der Waals surface area contributed by atoms with Crippen LogP contribution < -0.4 is 15.9 Å². The number of hydrogen-bond acceptors (Lipinski definition) is 5. The number of nitrogens with one attached hydrogen (secondary N) is 1. The Balaban J connectivity index is 0.000000321. The molecule has 7 heteroatoms. The SMILES string of the molecule is C/N=C1/CN(O)C(c2ccccc2)=c2cc(Cl)ccc2=N1.CCCCNCCO. The Bertz CT molecular complexity index is 910. The van der Waals surface area contributed by atoms with Gasteiger partial charge in [-0.3, -0.25) is 10.2 Å². The van der Waals surface area contributed by atoms with Crippen molar-refractivity contribution in [3.05, 3.63) is 69.7 Å². The van der Waals surface area contributed by atoms with Crippen molar-refractivity contribution in [1.82, 2.24) is 10.4 Å². The van der Waals surface area contributed by atoms with Gasteiger partial charge in [0.2, 0.25) is 0 Å². The van der Waals surface area contributed by atoms with Crippen LogP contribution in [-0.4, -0.2) is 54.5 Å². The zero-order valence-corrected chi connectivity index (χ0v) is 17.7. The lowest BCUT2D eigenvalue weighted by atomic mass is 10.1. The highest BCUT2D eigenvalue weighted by molar-refractivity contribution is 6.30. The van der Waals surface area contributed by atoms with E-state index < -0.39 is 0 Å². The van der Waals surface area contributed by atoms with E-state index in [2.05, 4.69) is 22.2 Å². The van der Waals surface area contributed by atoms with Gasteiger partial charge in [0.15, 0.2) is 0 Å². The van der Waals surface area contributed by atoms with Crippen LogP contribution in [-0.2, 0) is 0 Å². The summed E-state index contributed by atoms with van der Waals surface area (Å²) in [6.45, 7) is 4.41. The van der Waals surface area contributed by atoms with Crippen molar-refractivity contribution in [3.63, 3.8) is 0 Å². The molecule has 0 spiro atoms. The Morgan fingerprint density at radius 3 is 2.59 bits per heavy atom. The molecule has 3 rings (SSSR count). The van der Waals surface area contributed by atoms with Gasteiger partial charge in [-0.05, 0) is 31.2 Å². The zero-order valence-electron chi connectivity index (χ0n) is 17.0. The van der Waals surface area contributed by atoms with Gasteiger partial charge in [0.1, 0.15) is 12.4 Å². The minimum atomic E-state index is 0.229. The Morgan fingerprint density at radius 2 is 1.93 bits per heavy atom. The summed E-state index contributed by atoms with van der Waals surface area (Å²) >= 11 is 6.12. The number of hydroxylamine groups is 2. The van der Waals surface area contributed by atoms with Crippen LogP contribution in [0.4, 0.5) is 0 Å². The minimum absolute atomic E-state index is 0.229. The van der Waals surface area contributed by atoms with Gasteiger partial charge in [-0.15, -0.1) is 0 Å². The fourth-order valence-corrected chi connectivity index (χ4v) is 3.02. The van der Waals surface area contributed by atoms with Gasteiger partial charge in [0, 0.05) is 29.4 Å². The number of benzene rings is 2. The molecule has 1 aliphatic heterocycles. The summed E-state index contributed by atoms with van der Waals surface area (Å²) in [5.41, 5.74) is 1.58. The van der Waals surface area contributed by atoms with Crippen LogP contribution in [0, 0.1) is 0 Å². The molecule has 0 aliphatic carbocycles. The third-order valence-electron chi connectivity index (χ3n) is 4.31. The lowest BCUT2D eigenvalue weighted by molar-refractivity contribution is -0.0119. The van der Waals surface area contributed by atoms with Crippen LogP contribution in [0.1, 0.15) is 25.3 Å². The highest BCUT2D eigenvalue weighted by Gasteiger charge is 2.17. The molecule has 0 atom stereocenters. The first-order valence-electron chi connectivity index (χ1n) is 9.78. The van der Waals surface area contributed by atoms with E-state index in [0.29, 0.717) is 16.6 Å². The number of aliphatic hydroxyl groups is 1. The maximum Gasteiger partial charge on any atom is 0.145 e. The molecule has 0 fully saturated rings. The Hall–Kier alpha value is -2.25. The predicted octanol–water partition coefficient (Wildman–Crippen LogP) is 2.22. The number of hydrogen-bond donors (Lipinski definition) is 3.